The fourth-order valence-electron chi connectivity index (χ4n) is 4.05. The highest BCUT2D eigenvalue weighted by atomic mass is 16.5. The van der Waals surface area contributed by atoms with Crippen molar-refractivity contribution in [1.82, 2.24) is 9.88 Å². The van der Waals surface area contributed by atoms with Crippen LogP contribution in [0, 0.1) is 0 Å². The van der Waals surface area contributed by atoms with E-state index in [1.807, 2.05) is 11.0 Å². The van der Waals surface area contributed by atoms with Gasteiger partial charge in [0, 0.05) is 42.2 Å². The molecule has 3 heterocycles. The number of benzene rings is 2. The maximum absolute atomic E-state index is 12.8. The summed E-state index contributed by atoms with van der Waals surface area (Å²) in [5.74, 6) is 0.756. The lowest BCUT2D eigenvalue weighted by Gasteiger charge is -2.14. The number of methoxy groups -OCH3 is 1. The average molecular weight is 431 g/mol. The fourth-order valence-corrected chi connectivity index (χ4v) is 4.05. The van der Waals surface area contributed by atoms with E-state index >= 15 is 0 Å². The van der Waals surface area contributed by atoms with Crippen LogP contribution in [0.1, 0.15) is 33.6 Å². The highest BCUT2D eigenvalue weighted by Crippen LogP contribution is 2.35. The third-order valence-corrected chi connectivity index (χ3v) is 5.69. The molecular formula is C24H21N3O5. The van der Waals surface area contributed by atoms with Gasteiger partial charge in [0.15, 0.2) is 0 Å². The van der Waals surface area contributed by atoms with Crippen molar-refractivity contribution >= 4 is 33.7 Å². The largest absolute Gasteiger partial charge is 0.496 e. The molecule has 162 valence electrons. The number of ether oxygens (including phenoxy) is 2. The smallest absolute Gasteiger partial charge is 0.257 e. The molecule has 2 aromatic heterocycles. The number of likely N-dealkylation sites (tertiary alicyclic amines) is 1. The van der Waals surface area contributed by atoms with Crippen molar-refractivity contribution in [2.45, 2.75) is 12.8 Å². The molecule has 0 radical (unpaired) electrons. The second kappa shape index (κ2) is 7.88. The first-order valence-corrected chi connectivity index (χ1v) is 10.3. The van der Waals surface area contributed by atoms with Gasteiger partial charge in [-0.15, -0.1) is 0 Å². The van der Waals surface area contributed by atoms with Crippen LogP contribution < -0.4 is 15.2 Å². The second-order valence-electron chi connectivity index (χ2n) is 7.65. The maximum Gasteiger partial charge on any atom is 0.257 e. The van der Waals surface area contributed by atoms with Crippen LogP contribution in [-0.4, -0.2) is 41.9 Å². The molecule has 2 amide bonds. The van der Waals surface area contributed by atoms with Crippen molar-refractivity contribution in [1.29, 1.82) is 0 Å². The van der Waals surface area contributed by atoms with Gasteiger partial charge in [-0.05, 0) is 37.1 Å². The van der Waals surface area contributed by atoms with E-state index in [0.717, 1.165) is 31.3 Å². The van der Waals surface area contributed by atoms with Gasteiger partial charge in [-0.2, -0.15) is 0 Å². The van der Waals surface area contributed by atoms with Gasteiger partial charge in [-0.3, -0.25) is 14.6 Å². The Hall–Kier alpha value is -4.07. The molecule has 4 aromatic rings. The highest BCUT2D eigenvalue weighted by molar-refractivity contribution is 6.06. The number of pyridine rings is 1. The summed E-state index contributed by atoms with van der Waals surface area (Å²) < 4.78 is 17.0. The third kappa shape index (κ3) is 3.39. The average Bonchev–Trinajstić information content (AvgIpc) is 3.48. The van der Waals surface area contributed by atoms with Gasteiger partial charge in [0.2, 0.25) is 0 Å². The van der Waals surface area contributed by atoms with Crippen LogP contribution in [0.4, 0.5) is 0 Å². The molecule has 0 atom stereocenters. The summed E-state index contributed by atoms with van der Waals surface area (Å²) in [4.78, 5) is 30.8. The zero-order valence-corrected chi connectivity index (χ0v) is 17.5. The molecule has 8 heteroatoms. The molecule has 0 unspecified atom stereocenters. The topological polar surface area (TPSA) is 108 Å². The van der Waals surface area contributed by atoms with Gasteiger partial charge in [0.1, 0.15) is 29.1 Å². The molecule has 0 bridgehead atoms. The molecule has 1 saturated heterocycles. The van der Waals surface area contributed by atoms with E-state index in [9.17, 15) is 9.59 Å². The van der Waals surface area contributed by atoms with Crippen molar-refractivity contribution in [2.24, 2.45) is 5.73 Å². The SMILES string of the molecule is COc1cc2nccc(Oc3ccc4c(C(=O)N5CCCC5)coc4c3)c2cc1C(N)=O. The Balaban J connectivity index is 1.50. The molecular weight excluding hydrogens is 410 g/mol. The Morgan fingerprint density at radius 1 is 1.03 bits per heavy atom. The normalized spacial score (nSPS) is 13.6. The summed E-state index contributed by atoms with van der Waals surface area (Å²) in [6.07, 6.45) is 5.17. The number of fused-ring (bicyclic) bond motifs is 2. The summed E-state index contributed by atoms with van der Waals surface area (Å²) in [7, 11) is 1.47. The van der Waals surface area contributed by atoms with E-state index < -0.39 is 5.91 Å². The number of furan rings is 1. The van der Waals surface area contributed by atoms with Gasteiger partial charge in [0.25, 0.3) is 11.8 Å². The number of nitrogens with two attached hydrogens (primary N) is 1. The number of amides is 2. The highest BCUT2D eigenvalue weighted by Gasteiger charge is 2.23. The number of nitrogens with zero attached hydrogens (tertiary/aromatic N) is 2. The van der Waals surface area contributed by atoms with Gasteiger partial charge < -0.3 is 24.5 Å². The molecule has 8 nitrogen and oxygen atoms in total. The quantitative estimate of drug-likeness (QED) is 0.509. The molecule has 0 spiro atoms. The number of aromatic nitrogens is 1. The first kappa shape index (κ1) is 19.9. The number of hydrogen-bond acceptors (Lipinski definition) is 6. The molecule has 0 saturated carbocycles. The summed E-state index contributed by atoms with van der Waals surface area (Å²) in [5, 5.41) is 1.36. The predicted molar refractivity (Wildman–Crippen MR) is 118 cm³/mol. The van der Waals surface area contributed by atoms with Crippen LogP contribution in [0.2, 0.25) is 0 Å². The van der Waals surface area contributed by atoms with Crippen molar-refractivity contribution in [3.8, 4) is 17.2 Å². The number of rotatable bonds is 5. The molecule has 2 aromatic carbocycles. The van der Waals surface area contributed by atoms with Crippen molar-refractivity contribution < 1.29 is 23.5 Å². The predicted octanol–water partition coefficient (Wildman–Crippen LogP) is 4.12. The minimum absolute atomic E-state index is 0.0111. The minimum atomic E-state index is -0.606. The van der Waals surface area contributed by atoms with Crippen molar-refractivity contribution in [2.75, 3.05) is 20.2 Å². The molecule has 5 rings (SSSR count). The monoisotopic (exact) mass is 431 g/mol. The van der Waals surface area contributed by atoms with E-state index in [0.29, 0.717) is 39.3 Å². The molecule has 1 fully saturated rings. The van der Waals surface area contributed by atoms with Gasteiger partial charge >= 0.3 is 0 Å². The Morgan fingerprint density at radius 3 is 2.59 bits per heavy atom. The van der Waals surface area contributed by atoms with Crippen LogP contribution in [0.15, 0.2) is 53.3 Å². The van der Waals surface area contributed by atoms with Crippen LogP contribution in [0.5, 0.6) is 17.2 Å². The van der Waals surface area contributed by atoms with Gasteiger partial charge in [-0.25, -0.2) is 0 Å². The minimum Gasteiger partial charge on any atom is -0.496 e. The Kier molecular flexibility index (Phi) is 4.89. The summed E-state index contributed by atoms with van der Waals surface area (Å²) in [6, 6.07) is 10.3. The second-order valence-corrected chi connectivity index (χ2v) is 7.65. The number of carbonyl (C=O) groups excluding carboxylic acids is 2. The molecule has 32 heavy (non-hydrogen) atoms. The van der Waals surface area contributed by atoms with E-state index in [2.05, 4.69) is 4.98 Å². The van der Waals surface area contributed by atoms with Crippen LogP contribution >= 0.6 is 0 Å². The number of primary amides is 1. The van der Waals surface area contributed by atoms with E-state index in [1.165, 1.54) is 13.4 Å². The van der Waals surface area contributed by atoms with E-state index in [-0.39, 0.29) is 11.5 Å². The molecule has 1 aliphatic rings. The van der Waals surface area contributed by atoms with Gasteiger partial charge in [-0.1, -0.05) is 0 Å². The zero-order chi connectivity index (χ0) is 22.2. The van der Waals surface area contributed by atoms with Crippen LogP contribution in [0.3, 0.4) is 0 Å². The third-order valence-electron chi connectivity index (χ3n) is 5.69. The zero-order valence-electron chi connectivity index (χ0n) is 17.5. The lowest BCUT2D eigenvalue weighted by molar-refractivity contribution is 0.0793. The summed E-state index contributed by atoms with van der Waals surface area (Å²) in [6.45, 7) is 1.56. The van der Waals surface area contributed by atoms with Gasteiger partial charge in [0.05, 0.1) is 23.8 Å². The first-order valence-electron chi connectivity index (χ1n) is 10.3. The first-order chi connectivity index (χ1) is 15.5. The molecule has 1 aliphatic heterocycles. The molecule has 2 N–H and O–H groups in total. The van der Waals surface area contributed by atoms with Crippen LogP contribution in [-0.2, 0) is 0 Å². The maximum atomic E-state index is 12.8. The lowest BCUT2D eigenvalue weighted by atomic mass is 10.1. The fraction of sp³-hybridized carbons (Fsp3) is 0.208. The Labute approximate surface area is 183 Å². The van der Waals surface area contributed by atoms with Crippen molar-refractivity contribution in [3.63, 3.8) is 0 Å². The molecule has 0 aliphatic carbocycles. The summed E-state index contributed by atoms with van der Waals surface area (Å²) >= 11 is 0. The Morgan fingerprint density at radius 2 is 1.84 bits per heavy atom. The van der Waals surface area contributed by atoms with Crippen LogP contribution in [0.25, 0.3) is 21.9 Å². The summed E-state index contributed by atoms with van der Waals surface area (Å²) in [5.41, 5.74) is 7.45. The van der Waals surface area contributed by atoms with E-state index in [1.54, 1.807) is 36.5 Å². The van der Waals surface area contributed by atoms with E-state index in [4.69, 9.17) is 19.6 Å². The number of carbonyl (C=O) groups is 2. The number of hydrogen-bond donors (Lipinski definition) is 1. The van der Waals surface area contributed by atoms with Crippen molar-refractivity contribution in [3.05, 3.63) is 60.0 Å². The Bertz CT molecular complexity index is 1350. The lowest BCUT2D eigenvalue weighted by Crippen LogP contribution is -2.27. The standard InChI is InChI=1S/C24H21N3O5/c1-30-21-12-19-16(11-17(21)23(25)28)20(6-7-26-19)32-14-4-5-15-18(13-31-22(15)10-14)24(29)27-8-2-3-9-27/h4-7,10-13H,2-3,8-9H2,1H3,(H2,25,28).